The van der Waals surface area contributed by atoms with Crippen LogP contribution in [-0.2, 0) is 4.79 Å². The number of hydrogen-bond donors (Lipinski definition) is 1. The Morgan fingerprint density at radius 3 is 2.96 bits per heavy atom. The molecule has 4 heterocycles. The summed E-state index contributed by atoms with van der Waals surface area (Å²) >= 11 is 3.24. The van der Waals surface area contributed by atoms with Gasteiger partial charge >= 0.3 is 0 Å². The van der Waals surface area contributed by atoms with Crippen LogP contribution in [0, 0.1) is 13.8 Å². The van der Waals surface area contributed by atoms with Gasteiger partial charge in [0.05, 0.1) is 15.9 Å². The predicted octanol–water partition coefficient (Wildman–Crippen LogP) is 4.63. The molecule has 1 aliphatic heterocycles. The van der Waals surface area contributed by atoms with Crippen LogP contribution in [0.25, 0.3) is 15.3 Å². The predicted molar refractivity (Wildman–Crippen MR) is 106 cm³/mol. The lowest BCUT2D eigenvalue weighted by Crippen LogP contribution is -2.24. The number of fused-ring (bicyclic) bond motifs is 2. The van der Waals surface area contributed by atoms with Crippen LogP contribution in [0.15, 0.2) is 35.0 Å². The van der Waals surface area contributed by atoms with Gasteiger partial charge in [0.1, 0.15) is 5.82 Å². The topological polar surface area (TPSA) is 59.8 Å². The minimum Gasteiger partial charge on any atom is -0.310 e. The number of thiazole rings is 1. The second-order valence-corrected chi connectivity index (χ2v) is 8.38. The number of carbonyl (C=O) groups excluding carboxylic acids is 1. The van der Waals surface area contributed by atoms with Gasteiger partial charge in [-0.25, -0.2) is 4.98 Å². The molecule has 1 amide bonds. The molecule has 0 aliphatic carbocycles. The van der Waals surface area contributed by atoms with E-state index in [0.717, 1.165) is 32.4 Å². The van der Waals surface area contributed by atoms with Crippen molar-refractivity contribution in [3.63, 3.8) is 0 Å². The van der Waals surface area contributed by atoms with Crippen LogP contribution in [0.4, 0.5) is 5.82 Å². The van der Waals surface area contributed by atoms with Crippen molar-refractivity contribution < 1.29 is 4.79 Å². The number of nitrogens with zero attached hydrogens (tertiary/aromatic N) is 3. The Morgan fingerprint density at radius 2 is 2.15 bits per heavy atom. The van der Waals surface area contributed by atoms with Gasteiger partial charge in [0.25, 0.3) is 0 Å². The molecule has 1 N–H and O–H groups in total. The molecule has 1 atom stereocenters. The van der Waals surface area contributed by atoms with E-state index in [9.17, 15) is 4.79 Å². The molecule has 3 aromatic heterocycles. The number of thiophene rings is 1. The number of carbonyl (C=O) groups is 1. The standard InChI is InChI=1S/C19H16N4OS2/c1-10-3-4-14-15(7-10)26-19(20-14)23-18-17(11(2)22-23)13(8-16(24)21-18)12-5-6-25-9-12/h3-7,9,13H,8H2,1-2H3,(H,21,24)/t13-/m1/s1. The molecule has 5 nitrogen and oxygen atoms in total. The second-order valence-electron chi connectivity index (χ2n) is 6.59. The van der Waals surface area contributed by atoms with Crippen LogP contribution in [0.3, 0.4) is 0 Å². The summed E-state index contributed by atoms with van der Waals surface area (Å²) < 4.78 is 2.92. The van der Waals surface area contributed by atoms with Crippen LogP contribution >= 0.6 is 22.7 Å². The highest BCUT2D eigenvalue weighted by molar-refractivity contribution is 7.20. The first-order valence-electron chi connectivity index (χ1n) is 8.39. The lowest BCUT2D eigenvalue weighted by Gasteiger charge is -2.23. The number of benzene rings is 1. The largest absolute Gasteiger partial charge is 0.310 e. The highest BCUT2D eigenvalue weighted by atomic mass is 32.1. The van der Waals surface area contributed by atoms with Gasteiger partial charge in [0, 0.05) is 17.9 Å². The fraction of sp³-hybridized carbons (Fsp3) is 0.211. The van der Waals surface area contributed by atoms with E-state index < -0.39 is 0 Å². The highest BCUT2D eigenvalue weighted by Gasteiger charge is 2.33. The number of anilines is 1. The number of aromatic nitrogens is 3. The summed E-state index contributed by atoms with van der Waals surface area (Å²) in [5.41, 5.74) is 5.37. The Balaban J connectivity index is 1.69. The molecule has 5 rings (SSSR count). The first-order chi connectivity index (χ1) is 12.6. The van der Waals surface area contributed by atoms with Crippen molar-refractivity contribution in [3.8, 4) is 5.13 Å². The fourth-order valence-corrected chi connectivity index (χ4v) is 5.29. The molecular weight excluding hydrogens is 364 g/mol. The summed E-state index contributed by atoms with van der Waals surface area (Å²) in [6.45, 7) is 4.08. The molecule has 0 unspecified atom stereocenters. The monoisotopic (exact) mass is 380 g/mol. The highest BCUT2D eigenvalue weighted by Crippen LogP contribution is 2.41. The molecule has 1 aromatic carbocycles. The van der Waals surface area contributed by atoms with Gasteiger partial charge in [-0.2, -0.15) is 21.1 Å². The number of rotatable bonds is 2. The van der Waals surface area contributed by atoms with E-state index in [1.807, 2.05) is 13.0 Å². The van der Waals surface area contributed by atoms with Crippen molar-refractivity contribution in [2.24, 2.45) is 0 Å². The normalized spacial score (nSPS) is 16.7. The number of nitrogens with one attached hydrogen (secondary N) is 1. The van der Waals surface area contributed by atoms with Crippen LogP contribution < -0.4 is 5.32 Å². The van der Waals surface area contributed by atoms with Crippen molar-refractivity contribution in [2.45, 2.75) is 26.2 Å². The molecule has 26 heavy (non-hydrogen) atoms. The lowest BCUT2D eigenvalue weighted by molar-refractivity contribution is -0.116. The smallest absolute Gasteiger partial charge is 0.226 e. The zero-order chi connectivity index (χ0) is 17.8. The molecule has 130 valence electrons. The van der Waals surface area contributed by atoms with Gasteiger partial charge in [0.15, 0.2) is 0 Å². The van der Waals surface area contributed by atoms with Gasteiger partial charge in [-0.15, -0.1) is 0 Å². The molecule has 0 radical (unpaired) electrons. The molecule has 4 aromatic rings. The van der Waals surface area contributed by atoms with Crippen LogP contribution in [0.1, 0.15) is 34.7 Å². The van der Waals surface area contributed by atoms with Gasteiger partial charge in [-0.1, -0.05) is 17.4 Å². The molecule has 1 aliphatic rings. The SMILES string of the molecule is Cc1ccc2nc(-n3nc(C)c4c3NC(=O)C[C@@H]4c3ccsc3)sc2c1. The molecule has 0 saturated carbocycles. The minimum atomic E-state index is 0.0202. The van der Waals surface area contributed by atoms with Gasteiger partial charge in [-0.05, 0) is 53.9 Å². The van der Waals surface area contributed by atoms with E-state index in [4.69, 9.17) is 10.1 Å². The molecule has 0 bridgehead atoms. The van der Waals surface area contributed by atoms with Crippen LogP contribution in [-0.4, -0.2) is 20.7 Å². The van der Waals surface area contributed by atoms with Gasteiger partial charge in [-0.3, -0.25) is 4.79 Å². The van der Waals surface area contributed by atoms with Crippen LogP contribution in [0.2, 0.25) is 0 Å². The molecule has 0 saturated heterocycles. The average molecular weight is 380 g/mol. The van der Waals surface area contributed by atoms with Crippen molar-refractivity contribution in [3.05, 3.63) is 57.4 Å². The summed E-state index contributed by atoms with van der Waals surface area (Å²) in [6, 6.07) is 8.31. The maximum absolute atomic E-state index is 12.4. The zero-order valence-corrected chi connectivity index (χ0v) is 15.9. The number of aryl methyl sites for hydroxylation is 2. The zero-order valence-electron chi connectivity index (χ0n) is 14.3. The Bertz CT molecular complexity index is 1140. The first-order valence-corrected chi connectivity index (χ1v) is 10.1. The molecule has 7 heteroatoms. The number of hydrogen-bond acceptors (Lipinski definition) is 5. The summed E-state index contributed by atoms with van der Waals surface area (Å²) in [5.74, 6) is 0.827. The van der Waals surface area contributed by atoms with Crippen LogP contribution in [0.5, 0.6) is 0 Å². The fourth-order valence-electron chi connectivity index (χ4n) is 3.55. The van der Waals surface area contributed by atoms with Crippen molar-refractivity contribution in [2.75, 3.05) is 5.32 Å². The third-order valence-electron chi connectivity index (χ3n) is 4.76. The summed E-state index contributed by atoms with van der Waals surface area (Å²) in [4.78, 5) is 17.1. The van der Waals surface area contributed by atoms with Gasteiger partial charge in [0.2, 0.25) is 11.0 Å². The molecule has 0 fully saturated rings. The van der Waals surface area contributed by atoms with Crippen molar-refractivity contribution in [1.82, 2.24) is 14.8 Å². The van der Waals surface area contributed by atoms with Crippen molar-refractivity contribution in [1.29, 1.82) is 0 Å². The van der Waals surface area contributed by atoms with E-state index in [1.165, 1.54) is 11.1 Å². The first kappa shape index (κ1) is 15.7. The summed E-state index contributed by atoms with van der Waals surface area (Å²) in [7, 11) is 0. The van der Waals surface area contributed by atoms with E-state index in [1.54, 1.807) is 27.4 Å². The molecule has 0 spiro atoms. The van der Waals surface area contributed by atoms with Gasteiger partial charge < -0.3 is 5.32 Å². The third kappa shape index (κ3) is 2.39. The summed E-state index contributed by atoms with van der Waals surface area (Å²) in [6.07, 6.45) is 0.454. The minimum absolute atomic E-state index is 0.0202. The third-order valence-corrected chi connectivity index (χ3v) is 6.46. The van der Waals surface area contributed by atoms with E-state index in [0.29, 0.717) is 6.42 Å². The van der Waals surface area contributed by atoms with E-state index in [2.05, 4.69) is 41.2 Å². The van der Waals surface area contributed by atoms with E-state index >= 15 is 0 Å². The number of amides is 1. The quantitative estimate of drug-likeness (QED) is 0.551. The summed E-state index contributed by atoms with van der Waals surface area (Å²) in [5, 5.41) is 12.7. The van der Waals surface area contributed by atoms with Crippen molar-refractivity contribution >= 4 is 44.6 Å². The second kappa shape index (κ2) is 5.75. The Hall–Kier alpha value is -2.51. The lowest BCUT2D eigenvalue weighted by atomic mass is 9.87. The Labute approximate surface area is 158 Å². The molecular formula is C19H16N4OS2. The Morgan fingerprint density at radius 1 is 1.27 bits per heavy atom. The maximum Gasteiger partial charge on any atom is 0.226 e. The average Bonchev–Trinajstić information content (AvgIpc) is 3.32. The maximum atomic E-state index is 12.4. The Kier molecular flexibility index (Phi) is 3.48. The van der Waals surface area contributed by atoms with E-state index in [-0.39, 0.29) is 11.8 Å².